The van der Waals surface area contributed by atoms with Crippen LogP contribution in [0.4, 0.5) is 0 Å². The highest BCUT2D eigenvalue weighted by atomic mass is 79.9. The van der Waals surface area contributed by atoms with Crippen molar-refractivity contribution in [2.24, 2.45) is 10.7 Å². The molecule has 0 saturated carbocycles. The van der Waals surface area contributed by atoms with Crippen molar-refractivity contribution in [2.45, 2.75) is 4.21 Å². The third kappa shape index (κ3) is 2.92. The topological polar surface area (TPSA) is 84.5 Å². The minimum absolute atomic E-state index is 0.147. The van der Waals surface area contributed by atoms with Crippen LogP contribution >= 0.6 is 43.2 Å². The van der Waals surface area contributed by atoms with Gasteiger partial charge < -0.3 is 5.73 Å². The van der Waals surface area contributed by atoms with Gasteiger partial charge in [0.1, 0.15) is 0 Å². The van der Waals surface area contributed by atoms with E-state index < -0.39 is 10.0 Å². The maximum Gasteiger partial charge on any atom is 0.274 e. The Kier molecular flexibility index (Phi) is 4.15. The molecule has 3 N–H and O–H groups in total. The minimum Gasteiger partial charge on any atom is -0.369 e. The van der Waals surface area contributed by atoms with Gasteiger partial charge in [0.25, 0.3) is 10.0 Å². The first kappa shape index (κ1) is 12.9. The minimum atomic E-state index is -3.65. The molecule has 9 heteroatoms. The zero-order valence-electron chi connectivity index (χ0n) is 7.49. The molecule has 0 aromatic carbocycles. The number of nitrogens with one attached hydrogen (secondary N) is 1. The van der Waals surface area contributed by atoms with Gasteiger partial charge in [0.15, 0.2) is 4.21 Å². The number of thiophene rings is 1. The number of guanidine groups is 1. The van der Waals surface area contributed by atoms with Crippen LogP contribution in [0.2, 0.25) is 0 Å². The number of nitrogens with two attached hydrogens (primary N) is 1. The van der Waals surface area contributed by atoms with E-state index >= 15 is 0 Å². The van der Waals surface area contributed by atoms with Crippen LogP contribution in [0.1, 0.15) is 0 Å². The summed E-state index contributed by atoms with van der Waals surface area (Å²) >= 11 is 7.44. The van der Waals surface area contributed by atoms with Crippen LogP contribution in [-0.4, -0.2) is 21.4 Å². The molecule has 0 bridgehead atoms. The highest BCUT2D eigenvalue weighted by molar-refractivity contribution is 9.13. The van der Waals surface area contributed by atoms with Gasteiger partial charge >= 0.3 is 0 Å². The summed E-state index contributed by atoms with van der Waals surface area (Å²) in [4.78, 5) is 3.52. The van der Waals surface area contributed by atoms with Crippen LogP contribution in [0, 0.1) is 0 Å². The largest absolute Gasteiger partial charge is 0.369 e. The summed E-state index contributed by atoms with van der Waals surface area (Å²) in [5, 5.41) is 1.66. The molecule has 0 atom stereocenters. The highest BCUT2D eigenvalue weighted by Crippen LogP contribution is 2.35. The Bertz CT molecular complexity index is 494. The van der Waals surface area contributed by atoms with Gasteiger partial charge in [-0.15, -0.1) is 11.3 Å². The summed E-state index contributed by atoms with van der Waals surface area (Å²) in [5.41, 5.74) is 5.29. The Hall–Kier alpha value is -0.120. The van der Waals surface area contributed by atoms with Gasteiger partial charge in [0, 0.05) is 16.9 Å². The average Bonchev–Trinajstić information content (AvgIpc) is 2.47. The predicted molar refractivity (Wildman–Crippen MR) is 67.6 cm³/mol. The normalized spacial score (nSPS) is 12.9. The first-order chi connectivity index (χ1) is 6.88. The summed E-state index contributed by atoms with van der Waals surface area (Å²) < 4.78 is 26.9. The molecule has 1 aromatic rings. The quantitative estimate of drug-likeness (QED) is 0.605. The van der Waals surface area contributed by atoms with Gasteiger partial charge in [0.2, 0.25) is 5.96 Å². The Morgan fingerprint density at radius 1 is 1.60 bits per heavy atom. The third-order valence-electron chi connectivity index (χ3n) is 1.38. The van der Waals surface area contributed by atoms with Gasteiger partial charge in [-0.25, -0.2) is 13.1 Å². The molecule has 0 aliphatic heterocycles. The van der Waals surface area contributed by atoms with Crippen LogP contribution in [0.5, 0.6) is 0 Å². The lowest BCUT2D eigenvalue weighted by Crippen LogP contribution is -2.36. The zero-order chi connectivity index (χ0) is 11.6. The second-order valence-corrected chi connectivity index (χ2v) is 6.80. The fraction of sp³-hybridized carbons (Fsp3) is 0.167. The van der Waals surface area contributed by atoms with Crippen molar-refractivity contribution in [2.75, 3.05) is 7.05 Å². The highest BCUT2D eigenvalue weighted by Gasteiger charge is 2.22. The van der Waals surface area contributed by atoms with E-state index in [4.69, 9.17) is 5.73 Å². The van der Waals surface area contributed by atoms with E-state index in [1.807, 2.05) is 0 Å². The Morgan fingerprint density at radius 2 is 2.20 bits per heavy atom. The molecule has 0 unspecified atom stereocenters. The van der Waals surface area contributed by atoms with Crippen molar-refractivity contribution in [3.63, 3.8) is 0 Å². The Labute approximate surface area is 108 Å². The second kappa shape index (κ2) is 4.81. The van der Waals surface area contributed by atoms with Crippen molar-refractivity contribution < 1.29 is 8.42 Å². The lowest BCUT2D eigenvalue weighted by atomic mass is 10.7. The number of sulfonamides is 1. The van der Waals surface area contributed by atoms with Crippen LogP contribution < -0.4 is 10.5 Å². The van der Waals surface area contributed by atoms with Crippen LogP contribution in [0.3, 0.4) is 0 Å². The summed E-state index contributed by atoms with van der Waals surface area (Å²) in [6.45, 7) is 0. The van der Waals surface area contributed by atoms with Gasteiger partial charge in [-0.05, 0) is 31.9 Å². The molecule has 1 aromatic heterocycles. The molecule has 0 aliphatic carbocycles. The number of halogens is 2. The van der Waals surface area contributed by atoms with E-state index in [2.05, 4.69) is 41.6 Å². The van der Waals surface area contributed by atoms with Crippen molar-refractivity contribution in [3.8, 4) is 0 Å². The van der Waals surface area contributed by atoms with Crippen molar-refractivity contribution in [1.29, 1.82) is 0 Å². The molecule has 5 nitrogen and oxygen atoms in total. The monoisotopic (exact) mass is 375 g/mol. The molecule has 1 heterocycles. The number of aliphatic imine (C=N–C) groups is 1. The third-order valence-corrected chi connectivity index (χ3v) is 7.08. The molecule has 0 amide bonds. The number of hydrogen-bond acceptors (Lipinski definition) is 4. The smallest absolute Gasteiger partial charge is 0.274 e. The lowest BCUT2D eigenvalue weighted by molar-refractivity contribution is 0.594. The van der Waals surface area contributed by atoms with E-state index in [1.165, 1.54) is 7.05 Å². The first-order valence-electron chi connectivity index (χ1n) is 3.56. The summed E-state index contributed by atoms with van der Waals surface area (Å²) in [6, 6.07) is 0. The standard InChI is InChI=1S/C6H7Br2N3O2S2/c1-10-6(9)11-15(12,13)5-4(8)3(7)2-14-5/h2H,1H3,(H3,9,10,11). The fourth-order valence-corrected chi connectivity index (χ4v) is 4.77. The summed E-state index contributed by atoms with van der Waals surface area (Å²) in [6.07, 6.45) is 0. The number of nitrogens with zero attached hydrogens (tertiary/aromatic N) is 1. The first-order valence-corrected chi connectivity index (χ1v) is 7.51. The molecule has 15 heavy (non-hydrogen) atoms. The molecule has 84 valence electrons. The molecule has 0 fully saturated rings. The average molecular weight is 377 g/mol. The van der Waals surface area contributed by atoms with Gasteiger partial charge in [-0.1, -0.05) is 0 Å². The SMILES string of the molecule is CN=C(N)NS(=O)(=O)c1scc(Br)c1Br. The van der Waals surface area contributed by atoms with E-state index in [0.717, 1.165) is 11.3 Å². The van der Waals surface area contributed by atoms with Crippen molar-refractivity contribution in [3.05, 3.63) is 14.3 Å². The molecule has 0 radical (unpaired) electrons. The zero-order valence-corrected chi connectivity index (χ0v) is 12.3. The van der Waals surface area contributed by atoms with Crippen molar-refractivity contribution >= 4 is 59.2 Å². The lowest BCUT2D eigenvalue weighted by Gasteiger charge is -2.04. The second-order valence-electron chi connectivity index (χ2n) is 2.40. The van der Waals surface area contributed by atoms with Crippen LogP contribution in [-0.2, 0) is 10.0 Å². The molecule has 1 rings (SSSR count). The van der Waals surface area contributed by atoms with E-state index in [-0.39, 0.29) is 10.2 Å². The number of hydrogen-bond donors (Lipinski definition) is 2. The van der Waals surface area contributed by atoms with Crippen LogP contribution in [0.15, 0.2) is 23.5 Å². The fourth-order valence-electron chi connectivity index (χ4n) is 0.717. The van der Waals surface area contributed by atoms with E-state index in [9.17, 15) is 8.42 Å². The Morgan fingerprint density at radius 3 is 2.60 bits per heavy atom. The maximum absolute atomic E-state index is 11.7. The van der Waals surface area contributed by atoms with Crippen molar-refractivity contribution in [1.82, 2.24) is 4.72 Å². The molecule has 0 spiro atoms. The number of rotatable bonds is 2. The van der Waals surface area contributed by atoms with Gasteiger partial charge in [-0.2, -0.15) is 0 Å². The molecular weight excluding hydrogens is 370 g/mol. The van der Waals surface area contributed by atoms with Gasteiger partial charge in [-0.3, -0.25) is 4.99 Å². The van der Waals surface area contributed by atoms with Gasteiger partial charge in [0.05, 0.1) is 4.47 Å². The van der Waals surface area contributed by atoms with Crippen LogP contribution in [0.25, 0.3) is 0 Å². The maximum atomic E-state index is 11.7. The Balaban J connectivity index is 3.13. The molecule has 0 saturated heterocycles. The molecule has 0 aliphatic rings. The summed E-state index contributed by atoms with van der Waals surface area (Å²) in [7, 11) is -2.25. The van der Waals surface area contributed by atoms with E-state index in [1.54, 1.807) is 5.38 Å². The predicted octanol–water partition coefficient (Wildman–Crippen LogP) is 1.50. The van der Waals surface area contributed by atoms with E-state index in [0.29, 0.717) is 8.95 Å². The molecular formula is C6H7Br2N3O2S2. The summed E-state index contributed by atoms with van der Waals surface area (Å²) in [5.74, 6) is -0.147.